The van der Waals surface area contributed by atoms with Gasteiger partial charge in [-0.15, -0.1) is 9.24 Å². The van der Waals surface area contributed by atoms with Gasteiger partial charge in [-0.3, -0.25) is 0 Å². The monoisotopic (exact) mass is 162 g/mol. The summed E-state index contributed by atoms with van der Waals surface area (Å²) in [5.74, 6) is 0. The predicted molar refractivity (Wildman–Crippen MR) is 49.1 cm³/mol. The molecule has 0 aliphatic rings. The minimum atomic E-state index is -0.481. The molecule has 0 aromatic heterocycles. The van der Waals surface area contributed by atoms with E-state index in [-0.39, 0.29) is 0 Å². The van der Waals surface area contributed by atoms with Crippen LogP contribution in [0.25, 0.3) is 0 Å². The zero-order valence-electron chi connectivity index (χ0n) is 7.06. The van der Waals surface area contributed by atoms with Crippen molar-refractivity contribution in [3.63, 3.8) is 0 Å². The van der Waals surface area contributed by atoms with Crippen molar-refractivity contribution in [2.45, 2.75) is 51.3 Å². The second-order valence-corrected chi connectivity index (χ2v) is 4.03. The summed E-state index contributed by atoms with van der Waals surface area (Å²) in [4.78, 5) is 0. The van der Waals surface area contributed by atoms with Crippen molar-refractivity contribution in [1.29, 1.82) is 0 Å². The second kappa shape index (κ2) is 5.09. The van der Waals surface area contributed by atoms with Gasteiger partial charge in [0.15, 0.2) is 0 Å². The summed E-state index contributed by atoms with van der Waals surface area (Å²) in [6, 6.07) is 0. The molecule has 0 aliphatic heterocycles. The fourth-order valence-corrected chi connectivity index (χ4v) is 1.53. The van der Waals surface area contributed by atoms with E-state index < -0.39 is 5.34 Å². The van der Waals surface area contributed by atoms with Gasteiger partial charge in [0.2, 0.25) is 0 Å². The first-order chi connectivity index (χ1) is 4.62. The number of unbranched alkanes of at least 4 members (excludes halogenated alkanes) is 1. The summed E-state index contributed by atoms with van der Waals surface area (Å²) >= 11 is 0. The second-order valence-electron chi connectivity index (χ2n) is 2.96. The summed E-state index contributed by atoms with van der Waals surface area (Å²) in [6.45, 7) is 4.24. The van der Waals surface area contributed by atoms with E-state index in [9.17, 15) is 5.11 Å². The molecule has 0 bridgehead atoms. The maximum Gasteiger partial charge on any atom is 0.0778 e. The van der Waals surface area contributed by atoms with E-state index in [1.54, 1.807) is 0 Å². The normalized spacial score (nSPS) is 16.8. The number of hydrogen-bond acceptors (Lipinski definition) is 1. The highest BCUT2D eigenvalue weighted by molar-refractivity contribution is 7.18. The van der Waals surface area contributed by atoms with Gasteiger partial charge in [-0.1, -0.05) is 33.1 Å². The SMILES string of the molecule is CCCCC(O)(P)CCC. The molecule has 0 aromatic carbocycles. The molecule has 0 rings (SSSR count). The van der Waals surface area contributed by atoms with Crippen LogP contribution < -0.4 is 0 Å². The molecule has 0 spiro atoms. The first-order valence-electron chi connectivity index (χ1n) is 4.13. The smallest absolute Gasteiger partial charge is 0.0778 e. The van der Waals surface area contributed by atoms with Crippen LogP contribution in [0.5, 0.6) is 0 Å². The molecule has 1 nitrogen and oxygen atoms in total. The standard InChI is InChI=1S/C8H19OP/c1-3-5-7-8(9,10)6-4-2/h9H,3-7,10H2,1-2H3. The minimum absolute atomic E-state index is 0.481. The van der Waals surface area contributed by atoms with Gasteiger partial charge >= 0.3 is 0 Å². The van der Waals surface area contributed by atoms with Gasteiger partial charge < -0.3 is 5.11 Å². The summed E-state index contributed by atoms with van der Waals surface area (Å²) < 4.78 is 0. The van der Waals surface area contributed by atoms with Crippen molar-refractivity contribution >= 4 is 9.24 Å². The Morgan fingerprint density at radius 2 is 1.80 bits per heavy atom. The van der Waals surface area contributed by atoms with E-state index in [1.807, 2.05) is 0 Å². The van der Waals surface area contributed by atoms with E-state index >= 15 is 0 Å². The lowest BCUT2D eigenvalue weighted by molar-refractivity contribution is 0.113. The molecule has 2 atom stereocenters. The quantitative estimate of drug-likeness (QED) is 0.616. The molecule has 62 valence electrons. The van der Waals surface area contributed by atoms with Crippen LogP contribution in [0.4, 0.5) is 0 Å². The highest BCUT2D eigenvalue weighted by Gasteiger charge is 2.17. The predicted octanol–water partition coefficient (Wildman–Crippen LogP) is 2.54. The number of hydrogen-bond donors (Lipinski definition) is 1. The lowest BCUT2D eigenvalue weighted by Crippen LogP contribution is -2.18. The van der Waals surface area contributed by atoms with Crippen LogP contribution in [0.1, 0.15) is 46.0 Å². The molecular weight excluding hydrogens is 143 g/mol. The van der Waals surface area contributed by atoms with Crippen LogP contribution >= 0.6 is 9.24 Å². The molecule has 0 saturated heterocycles. The number of rotatable bonds is 5. The molecule has 0 radical (unpaired) electrons. The molecule has 0 aromatic rings. The van der Waals surface area contributed by atoms with E-state index in [1.165, 1.54) is 6.42 Å². The van der Waals surface area contributed by atoms with Crippen LogP contribution in [0, 0.1) is 0 Å². The van der Waals surface area contributed by atoms with Crippen molar-refractivity contribution in [2.75, 3.05) is 0 Å². The van der Waals surface area contributed by atoms with E-state index in [0.29, 0.717) is 0 Å². The fraction of sp³-hybridized carbons (Fsp3) is 1.00. The molecule has 2 heteroatoms. The molecular formula is C8H19OP. The maximum absolute atomic E-state index is 9.61. The maximum atomic E-state index is 9.61. The highest BCUT2D eigenvalue weighted by Crippen LogP contribution is 2.26. The Hall–Kier alpha value is 0.390. The third-order valence-electron chi connectivity index (χ3n) is 1.65. The first-order valence-corrected chi connectivity index (χ1v) is 4.71. The summed E-state index contributed by atoms with van der Waals surface area (Å²) in [6.07, 6.45) is 5.17. The highest BCUT2D eigenvalue weighted by atomic mass is 31.0. The summed E-state index contributed by atoms with van der Waals surface area (Å²) in [5, 5.41) is 9.13. The van der Waals surface area contributed by atoms with E-state index in [2.05, 4.69) is 23.1 Å². The van der Waals surface area contributed by atoms with Gasteiger partial charge in [0, 0.05) is 0 Å². The van der Waals surface area contributed by atoms with Crippen molar-refractivity contribution < 1.29 is 5.11 Å². The van der Waals surface area contributed by atoms with E-state index in [0.717, 1.165) is 25.7 Å². The lowest BCUT2D eigenvalue weighted by Gasteiger charge is -2.21. The van der Waals surface area contributed by atoms with Crippen molar-refractivity contribution in [2.24, 2.45) is 0 Å². The Kier molecular flexibility index (Phi) is 5.29. The minimum Gasteiger partial charge on any atom is -0.386 e. The molecule has 2 unspecified atom stereocenters. The molecule has 0 heterocycles. The van der Waals surface area contributed by atoms with Gasteiger partial charge in [-0.05, 0) is 12.8 Å². The molecule has 1 N–H and O–H groups in total. The fourth-order valence-electron chi connectivity index (χ4n) is 1.04. The van der Waals surface area contributed by atoms with Gasteiger partial charge in [0.1, 0.15) is 0 Å². The van der Waals surface area contributed by atoms with Gasteiger partial charge in [0.05, 0.1) is 5.34 Å². The Balaban J connectivity index is 3.42. The largest absolute Gasteiger partial charge is 0.386 e. The van der Waals surface area contributed by atoms with Gasteiger partial charge in [-0.2, -0.15) is 0 Å². The van der Waals surface area contributed by atoms with Crippen molar-refractivity contribution in [3.8, 4) is 0 Å². The summed E-state index contributed by atoms with van der Waals surface area (Å²) in [5.41, 5.74) is 0. The Bertz CT molecular complexity index is 81.3. The molecule has 0 aliphatic carbocycles. The molecule has 10 heavy (non-hydrogen) atoms. The Morgan fingerprint density at radius 1 is 1.20 bits per heavy atom. The summed E-state index contributed by atoms with van der Waals surface area (Å²) in [7, 11) is 2.54. The third-order valence-corrected chi connectivity index (χ3v) is 2.22. The zero-order chi connectivity index (χ0) is 8.04. The van der Waals surface area contributed by atoms with Crippen LogP contribution in [-0.4, -0.2) is 10.4 Å². The first kappa shape index (κ1) is 10.4. The molecule has 0 fully saturated rings. The molecule has 0 saturated carbocycles. The van der Waals surface area contributed by atoms with Gasteiger partial charge in [-0.25, -0.2) is 0 Å². The van der Waals surface area contributed by atoms with Crippen LogP contribution in [0.2, 0.25) is 0 Å². The Labute approximate surface area is 66.4 Å². The zero-order valence-corrected chi connectivity index (χ0v) is 8.21. The average molecular weight is 162 g/mol. The molecule has 0 amide bonds. The van der Waals surface area contributed by atoms with E-state index in [4.69, 9.17) is 0 Å². The van der Waals surface area contributed by atoms with Crippen molar-refractivity contribution in [3.05, 3.63) is 0 Å². The third kappa shape index (κ3) is 5.20. The van der Waals surface area contributed by atoms with Crippen LogP contribution in [0.3, 0.4) is 0 Å². The lowest BCUT2D eigenvalue weighted by atomic mass is 10.1. The van der Waals surface area contributed by atoms with Crippen molar-refractivity contribution in [1.82, 2.24) is 0 Å². The Morgan fingerprint density at radius 3 is 2.20 bits per heavy atom. The van der Waals surface area contributed by atoms with Crippen LogP contribution in [-0.2, 0) is 0 Å². The van der Waals surface area contributed by atoms with Gasteiger partial charge in [0.25, 0.3) is 0 Å². The number of aliphatic hydroxyl groups is 1. The average Bonchev–Trinajstić information content (AvgIpc) is 1.84. The van der Waals surface area contributed by atoms with Crippen LogP contribution in [0.15, 0.2) is 0 Å². The topological polar surface area (TPSA) is 20.2 Å².